The molecule has 2 aromatic heterocycles. The van der Waals surface area contributed by atoms with E-state index in [0.717, 1.165) is 19.3 Å². The van der Waals surface area contributed by atoms with Crippen LogP contribution < -0.4 is 5.73 Å². The first-order valence-corrected chi connectivity index (χ1v) is 11.9. The summed E-state index contributed by atoms with van der Waals surface area (Å²) < 4.78 is 37.2. The minimum absolute atomic E-state index is 0.288. The van der Waals surface area contributed by atoms with Gasteiger partial charge in [0.15, 0.2) is 17.8 Å². The van der Waals surface area contributed by atoms with Gasteiger partial charge in [0, 0.05) is 19.0 Å². The van der Waals surface area contributed by atoms with Crippen LogP contribution >= 0.6 is 7.60 Å². The highest BCUT2D eigenvalue weighted by Crippen LogP contribution is 2.49. The van der Waals surface area contributed by atoms with Crippen LogP contribution in [0.2, 0.25) is 0 Å². The monoisotopic (exact) mass is 439 g/mol. The van der Waals surface area contributed by atoms with E-state index in [4.69, 9.17) is 24.3 Å². The van der Waals surface area contributed by atoms with Gasteiger partial charge >= 0.3 is 7.60 Å². The smallest absolute Gasteiger partial charge is 0.353 e. The van der Waals surface area contributed by atoms with Gasteiger partial charge in [-0.3, -0.25) is 4.57 Å². The van der Waals surface area contributed by atoms with Gasteiger partial charge in [-0.05, 0) is 45.6 Å². The van der Waals surface area contributed by atoms with Crippen molar-refractivity contribution < 1.29 is 23.1 Å². The standard InChI is InChI=1S/C19H30N5O5P/c1-3-27-30(25,28-4-2)12-9-15(29-16-7-5-6-11-26-16)8-10-24-14-23-17-18(20)21-13-22-19(17)24/h9,12-16H,3-8,10-11H2,1-2H3,(H2,20,21,22)/b12-9+/t15-,16+/m0/s1. The van der Waals surface area contributed by atoms with Crippen molar-refractivity contribution in [3.8, 4) is 0 Å². The van der Waals surface area contributed by atoms with Crippen LogP contribution in [-0.2, 0) is 29.6 Å². The summed E-state index contributed by atoms with van der Waals surface area (Å²) in [5, 5.41) is 0. The number of ether oxygens (including phenoxy) is 2. The van der Waals surface area contributed by atoms with Gasteiger partial charge in [-0.2, -0.15) is 0 Å². The molecule has 0 unspecified atom stereocenters. The summed E-state index contributed by atoms with van der Waals surface area (Å²) in [5.74, 6) is 1.83. The fourth-order valence-corrected chi connectivity index (χ4v) is 4.61. The van der Waals surface area contributed by atoms with Gasteiger partial charge in [0.25, 0.3) is 0 Å². The van der Waals surface area contributed by atoms with E-state index in [9.17, 15) is 4.57 Å². The minimum Gasteiger partial charge on any atom is -0.382 e. The molecule has 0 spiro atoms. The third-order valence-corrected chi connectivity index (χ3v) is 6.42. The molecule has 2 N–H and O–H groups in total. The average Bonchev–Trinajstić information content (AvgIpc) is 3.16. The maximum absolute atomic E-state index is 12.8. The van der Waals surface area contributed by atoms with Crippen LogP contribution in [0, 0.1) is 0 Å². The second-order valence-corrected chi connectivity index (χ2v) is 8.74. The highest BCUT2D eigenvalue weighted by Gasteiger charge is 2.23. The quantitative estimate of drug-likeness (QED) is 0.524. The molecule has 1 aliphatic heterocycles. The van der Waals surface area contributed by atoms with E-state index >= 15 is 0 Å². The van der Waals surface area contributed by atoms with Gasteiger partial charge in [0.2, 0.25) is 0 Å². The zero-order chi connectivity index (χ0) is 21.4. The Bertz CT molecular complexity index is 873. The van der Waals surface area contributed by atoms with Crippen molar-refractivity contribution in [3.63, 3.8) is 0 Å². The van der Waals surface area contributed by atoms with E-state index < -0.39 is 7.60 Å². The number of anilines is 1. The summed E-state index contributed by atoms with van der Waals surface area (Å²) >= 11 is 0. The zero-order valence-electron chi connectivity index (χ0n) is 17.5. The van der Waals surface area contributed by atoms with Crippen LogP contribution in [0.1, 0.15) is 39.5 Å². The van der Waals surface area contributed by atoms with E-state index in [1.54, 1.807) is 26.3 Å². The molecule has 1 fully saturated rings. The van der Waals surface area contributed by atoms with E-state index in [1.807, 2.05) is 4.57 Å². The van der Waals surface area contributed by atoms with Crippen molar-refractivity contribution >= 4 is 24.6 Å². The summed E-state index contributed by atoms with van der Waals surface area (Å²) in [6.45, 7) is 5.40. The lowest BCUT2D eigenvalue weighted by Crippen LogP contribution is -2.27. The normalized spacial score (nSPS) is 18.9. The topological polar surface area (TPSA) is 124 Å². The van der Waals surface area contributed by atoms with Crippen molar-refractivity contribution in [2.24, 2.45) is 0 Å². The zero-order valence-corrected chi connectivity index (χ0v) is 18.4. The Kier molecular flexibility index (Phi) is 8.35. The maximum Gasteiger partial charge on any atom is 0.353 e. The van der Waals surface area contributed by atoms with Crippen LogP contribution in [0.25, 0.3) is 11.2 Å². The predicted octanol–water partition coefficient (Wildman–Crippen LogP) is 3.49. The van der Waals surface area contributed by atoms with Gasteiger partial charge in [0.1, 0.15) is 11.8 Å². The van der Waals surface area contributed by atoms with Gasteiger partial charge in [0.05, 0.1) is 25.6 Å². The van der Waals surface area contributed by atoms with Crippen LogP contribution in [-0.4, -0.2) is 51.7 Å². The molecule has 3 heterocycles. The molecule has 0 radical (unpaired) electrons. The summed E-state index contributed by atoms with van der Waals surface area (Å²) in [5.41, 5.74) is 7.09. The Morgan fingerprint density at radius 2 is 2.10 bits per heavy atom. The number of nitrogens with zero attached hydrogens (tertiary/aromatic N) is 4. The summed E-state index contributed by atoms with van der Waals surface area (Å²) in [6, 6.07) is 0. The molecule has 166 valence electrons. The maximum atomic E-state index is 12.8. The molecular formula is C19H30N5O5P. The van der Waals surface area contributed by atoms with Gasteiger partial charge in [-0.25, -0.2) is 15.0 Å². The largest absolute Gasteiger partial charge is 0.382 e. The van der Waals surface area contributed by atoms with Crippen molar-refractivity contribution in [1.82, 2.24) is 19.5 Å². The number of hydrogen-bond acceptors (Lipinski definition) is 9. The second-order valence-electron chi connectivity index (χ2n) is 6.85. The van der Waals surface area contributed by atoms with E-state index in [2.05, 4.69) is 15.0 Å². The highest BCUT2D eigenvalue weighted by atomic mass is 31.2. The molecular weight excluding hydrogens is 409 g/mol. The number of fused-ring (bicyclic) bond motifs is 1. The number of aromatic nitrogens is 4. The van der Waals surface area contributed by atoms with Crippen LogP contribution in [0.3, 0.4) is 0 Å². The lowest BCUT2D eigenvalue weighted by molar-refractivity contribution is -0.179. The first kappa shape index (κ1) is 22.8. The Morgan fingerprint density at radius 3 is 2.80 bits per heavy atom. The summed E-state index contributed by atoms with van der Waals surface area (Å²) in [6.07, 6.45) is 7.71. The molecule has 3 rings (SSSR count). The van der Waals surface area contributed by atoms with Crippen molar-refractivity contribution in [2.75, 3.05) is 25.6 Å². The Hall–Kier alpha value is -1.84. The molecule has 2 aromatic rings. The molecule has 1 aliphatic rings. The molecule has 0 bridgehead atoms. The van der Waals surface area contributed by atoms with Gasteiger partial charge < -0.3 is 28.8 Å². The molecule has 0 aromatic carbocycles. The second kappa shape index (κ2) is 11.0. The molecule has 11 heteroatoms. The molecule has 0 saturated carbocycles. The third kappa shape index (κ3) is 6.09. The SMILES string of the molecule is CCOP(=O)(/C=C/[C@H](CCn1cnc2c(N)ncnc21)O[C@@H]1CCCCO1)OCC. The fourth-order valence-electron chi connectivity index (χ4n) is 3.24. The van der Waals surface area contributed by atoms with Gasteiger partial charge in [-0.1, -0.05) is 0 Å². The Balaban J connectivity index is 1.73. The third-order valence-electron chi connectivity index (χ3n) is 4.65. The number of nitrogen functional groups attached to an aromatic ring is 1. The molecule has 30 heavy (non-hydrogen) atoms. The predicted molar refractivity (Wildman–Crippen MR) is 113 cm³/mol. The minimum atomic E-state index is -3.31. The first-order valence-electron chi connectivity index (χ1n) is 10.3. The summed E-state index contributed by atoms with van der Waals surface area (Å²) in [4.78, 5) is 12.5. The summed E-state index contributed by atoms with van der Waals surface area (Å²) in [7, 11) is -3.31. The number of aryl methyl sites for hydroxylation is 1. The molecule has 2 atom stereocenters. The highest BCUT2D eigenvalue weighted by molar-refractivity contribution is 7.57. The lowest BCUT2D eigenvalue weighted by atomic mass is 10.2. The van der Waals surface area contributed by atoms with Crippen LogP contribution in [0.5, 0.6) is 0 Å². The number of rotatable bonds is 11. The van der Waals surface area contributed by atoms with Crippen molar-refractivity contribution in [3.05, 3.63) is 24.5 Å². The molecule has 0 aliphatic carbocycles. The molecule has 0 amide bonds. The van der Waals surface area contributed by atoms with Crippen molar-refractivity contribution in [1.29, 1.82) is 0 Å². The van der Waals surface area contributed by atoms with E-state index in [0.29, 0.717) is 49.8 Å². The number of imidazole rings is 1. The number of nitrogens with two attached hydrogens (primary N) is 1. The molecule has 1 saturated heterocycles. The van der Waals surface area contributed by atoms with Crippen LogP contribution in [0.4, 0.5) is 5.82 Å². The van der Waals surface area contributed by atoms with Gasteiger partial charge in [-0.15, -0.1) is 0 Å². The average molecular weight is 439 g/mol. The van der Waals surface area contributed by atoms with Crippen LogP contribution in [0.15, 0.2) is 24.5 Å². The Labute approximate surface area is 176 Å². The lowest BCUT2D eigenvalue weighted by Gasteiger charge is -2.26. The van der Waals surface area contributed by atoms with E-state index in [-0.39, 0.29) is 12.4 Å². The Morgan fingerprint density at radius 1 is 1.30 bits per heavy atom. The van der Waals surface area contributed by atoms with E-state index in [1.165, 1.54) is 12.1 Å². The fraction of sp³-hybridized carbons (Fsp3) is 0.632. The first-order chi connectivity index (χ1) is 14.5. The van der Waals surface area contributed by atoms with Crippen molar-refractivity contribution in [2.45, 2.75) is 58.5 Å². The number of hydrogen-bond donors (Lipinski definition) is 1. The molecule has 10 nitrogen and oxygen atoms in total.